The van der Waals surface area contributed by atoms with Crippen LogP contribution in [0.1, 0.15) is 52.8 Å². The van der Waals surface area contributed by atoms with Crippen LogP contribution in [-0.2, 0) is 0 Å². The van der Waals surface area contributed by atoms with Crippen molar-refractivity contribution in [3.8, 4) is 0 Å². The number of Topliss-reactive ketones (excluding diaryl/α,β-unsaturated/α-hetero) is 2. The Morgan fingerprint density at radius 3 is 0.871 bits per heavy atom. The Morgan fingerprint density at radius 1 is 0.387 bits per heavy atom. The summed E-state index contributed by atoms with van der Waals surface area (Å²) in [5.41, 5.74) is -3.26. The molecular weight excluding hydrogens is 450 g/mol. The third-order valence-electron chi connectivity index (χ3n) is 4.28. The zero-order valence-electron chi connectivity index (χ0n) is 15.1. The number of hydrogen-bond acceptors (Lipinski definition) is 2. The third-order valence-corrected chi connectivity index (χ3v) is 4.28. The molecule has 2 rings (SSSR count). The molecule has 0 saturated carbocycles. The summed E-state index contributed by atoms with van der Waals surface area (Å²) in [4.78, 5) is 23.6. The molecule has 2 aromatic rings. The van der Waals surface area contributed by atoms with E-state index in [1.54, 1.807) is 0 Å². The van der Waals surface area contributed by atoms with Crippen molar-refractivity contribution in [3.63, 3.8) is 0 Å². The summed E-state index contributed by atoms with van der Waals surface area (Å²) in [6, 6.07) is 0. The monoisotopic (exact) mass is 460 g/mol. The Kier molecular flexibility index (Phi) is 7.45. The average Bonchev–Trinajstić information content (AvgIpc) is 2.73. The third kappa shape index (κ3) is 4.57. The molecule has 2 aromatic carbocycles. The number of halogens is 10. The fourth-order valence-electron chi connectivity index (χ4n) is 2.70. The number of hydrogen-bond donors (Lipinski definition) is 0. The lowest BCUT2D eigenvalue weighted by molar-refractivity contribution is 0.0967. The van der Waals surface area contributed by atoms with Gasteiger partial charge in [0.05, 0.1) is 11.1 Å². The minimum absolute atomic E-state index is 0.109. The van der Waals surface area contributed by atoms with Gasteiger partial charge < -0.3 is 0 Å². The van der Waals surface area contributed by atoms with E-state index in [0.29, 0.717) is 0 Å². The Bertz CT molecular complexity index is 923. The zero-order valence-corrected chi connectivity index (χ0v) is 15.1. The topological polar surface area (TPSA) is 34.1 Å². The summed E-state index contributed by atoms with van der Waals surface area (Å²) in [6.07, 6.45) is -1.97. The number of ketones is 2. The smallest absolute Gasteiger partial charge is 0.200 e. The summed E-state index contributed by atoms with van der Waals surface area (Å²) in [6.45, 7) is 0. The van der Waals surface area contributed by atoms with Crippen LogP contribution >= 0.6 is 0 Å². The molecule has 0 amide bonds. The van der Waals surface area contributed by atoms with E-state index in [4.69, 9.17) is 0 Å². The number of unbranched alkanes of at least 4 members (excludes halogenated alkanes) is 2. The van der Waals surface area contributed by atoms with Crippen molar-refractivity contribution in [3.05, 3.63) is 69.3 Å². The van der Waals surface area contributed by atoms with Crippen LogP contribution in [0, 0.1) is 58.2 Å². The molecule has 0 aliphatic carbocycles. The molecule has 0 saturated heterocycles. The molecule has 0 unspecified atom stereocenters. The van der Waals surface area contributed by atoms with E-state index in [1.807, 2.05) is 0 Å². The number of carbonyl (C=O) groups excluding carboxylic acids is 2. The van der Waals surface area contributed by atoms with Crippen LogP contribution in [-0.4, -0.2) is 11.6 Å². The standard InChI is InChI=1S/C19H10F10O2/c20-10-8(11(21)15(25)18(28)14(10)24)6(30)4-2-1-3-5-7(31)9-12(22)16(26)19(29)17(27)13(9)23/h1-5H2. The molecule has 0 atom stereocenters. The van der Waals surface area contributed by atoms with E-state index in [0.717, 1.165) is 0 Å². The Labute approximate surface area is 167 Å². The van der Waals surface area contributed by atoms with Gasteiger partial charge in [-0.3, -0.25) is 9.59 Å². The average molecular weight is 460 g/mol. The molecule has 0 bridgehead atoms. The highest BCUT2D eigenvalue weighted by Crippen LogP contribution is 2.26. The van der Waals surface area contributed by atoms with Gasteiger partial charge in [0.25, 0.3) is 0 Å². The maximum absolute atomic E-state index is 13.5. The highest BCUT2D eigenvalue weighted by molar-refractivity contribution is 5.97. The van der Waals surface area contributed by atoms with Gasteiger partial charge in [0.2, 0.25) is 11.6 Å². The molecule has 168 valence electrons. The van der Waals surface area contributed by atoms with Crippen molar-refractivity contribution in [1.29, 1.82) is 0 Å². The Hall–Kier alpha value is -2.92. The van der Waals surface area contributed by atoms with Crippen LogP contribution in [0.4, 0.5) is 43.9 Å². The summed E-state index contributed by atoms with van der Waals surface area (Å²) in [5.74, 6) is -26.1. The molecule has 0 radical (unpaired) electrons. The van der Waals surface area contributed by atoms with Gasteiger partial charge in [-0.25, -0.2) is 43.9 Å². The van der Waals surface area contributed by atoms with Crippen molar-refractivity contribution < 1.29 is 53.5 Å². The van der Waals surface area contributed by atoms with Crippen LogP contribution in [0.25, 0.3) is 0 Å². The lowest BCUT2D eigenvalue weighted by Gasteiger charge is -2.08. The minimum atomic E-state index is -2.43. The van der Waals surface area contributed by atoms with Crippen LogP contribution in [0.3, 0.4) is 0 Å². The van der Waals surface area contributed by atoms with Gasteiger partial charge in [-0.1, -0.05) is 6.42 Å². The number of carbonyl (C=O) groups is 2. The number of rotatable bonds is 8. The maximum atomic E-state index is 13.5. The molecule has 0 heterocycles. The first-order chi connectivity index (χ1) is 14.4. The maximum Gasteiger partial charge on any atom is 0.200 e. The predicted molar refractivity (Wildman–Crippen MR) is 84.2 cm³/mol. The van der Waals surface area contributed by atoms with Gasteiger partial charge >= 0.3 is 0 Å². The lowest BCUT2D eigenvalue weighted by Crippen LogP contribution is -2.13. The lowest BCUT2D eigenvalue weighted by atomic mass is 10.00. The normalized spacial score (nSPS) is 11.2. The second-order valence-electron chi connectivity index (χ2n) is 6.30. The van der Waals surface area contributed by atoms with E-state index in [2.05, 4.69) is 0 Å². The first-order valence-electron chi connectivity index (χ1n) is 8.51. The second kappa shape index (κ2) is 9.48. The molecule has 0 N–H and O–H groups in total. The van der Waals surface area contributed by atoms with Crippen molar-refractivity contribution in [1.82, 2.24) is 0 Å². The second-order valence-corrected chi connectivity index (χ2v) is 6.30. The van der Waals surface area contributed by atoms with E-state index in [9.17, 15) is 53.5 Å². The van der Waals surface area contributed by atoms with E-state index < -0.39 is 93.7 Å². The fourth-order valence-corrected chi connectivity index (χ4v) is 2.70. The highest BCUT2D eigenvalue weighted by Gasteiger charge is 2.30. The molecule has 0 aromatic heterocycles. The van der Waals surface area contributed by atoms with Crippen molar-refractivity contribution in [2.24, 2.45) is 0 Å². The molecule has 0 spiro atoms. The van der Waals surface area contributed by atoms with E-state index in [-0.39, 0.29) is 19.3 Å². The largest absolute Gasteiger partial charge is 0.294 e. The summed E-state index contributed by atoms with van der Waals surface area (Å²) in [7, 11) is 0. The molecule has 0 aliphatic heterocycles. The van der Waals surface area contributed by atoms with E-state index in [1.165, 1.54) is 0 Å². The van der Waals surface area contributed by atoms with Gasteiger partial charge in [0, 0.05) is 12.8 Å². The first kappa shape index (κ1) is 24.4. The molecule has 2 nitrogen and oxygen atoms in total. The highest BCUT2D eigenvalue weighted by atomic mass is 19.2. The van der Waals surface area contributed by atoms with Crippen molar-refractivity contribution in [2.45, 2.75) is 32.1 Å². The van der Waals surface area contributed by atoms with Gasteiger partial charge in [0.1, 0.15) is 0 Å². The molecule has 12 heteroatoms. The summed E-state index contributed by atoms with van der Waals surface area (Å²) < 4.78 is 133. The Morgan fingerprint density at radius 2 is 0.613 bits per heavy atom. The quantitative estimate of drug-likeness (QED) is 0.157. The molecule has 0 aliphatic rings. The van der Waals surface area contributed by atoms with Gasteiger partial charge in [0.15, 0.2) is 58.1 Å². The first-order valence-corrected chi connectivity index (χ1v) is 8.51. The van der Waals surface area contributed by atoms with Crippen LogP contribution in [0.5, 0.6) is 0 Å². The van der Waals surface area contributed by atoms with Gasteiger partial charge in [-0.05, 0) is 12.8 Å². The van der Waals surface area contributed by atoms with Crippen molar-refractivity contribution in [2.75, 3.05) is 0 Å². The molecular formula is C19H10F10O2. The van der Waals surface area contributed by atoms with Crippen LogP contribution in [0.15, 0.2) is 0 Å². The number of benzene rings is 2. The predicted octanol–water partition coefficient (Wildman–Crippen LogP) is 6.09. The van der Waals surface area contributed by atoms with E-state index >= 15 is 0 Å². The SMILES string of the molecule is O=C(CCCCCC(=O)c1c(F)c(F)c(F)c(F)c1F)c1c(F)c(F)c(F)c(F)c1F. The van der Waals surface area contributed by atoms with Crippen molar-refractivity contribution >= 4 is 11.6 Å². The summed E-state index contributed by atoms with van der Waals surface area (Å²) in [5, 5.41) is 0. The van der Waals surface area contributed by atoms with Crippen LogP contribution in [0.2, 0.25) is 0 Å². The zero-order chi connectivity index (χ0) is 23.6. The fraction of sp³-hybridized carbons (Fsp3) is 0.263. The van der Waals surface area contributed by atoms with Crippen LogP contribution < -0.4 is 0 Å². The minimum Gasteiger partial charge on any atom is -0.294 e. The molecule has 0 fully saturated rings. The molecule has 31 heavy (non-hydrogen) atoms. The Balaban J connectivity index is 1.99. The van der Waals surface area contributed by atoms with Gasteiger partial charge in [-0.15, -0.1) is 0 Å². The summed E-state index contributed by atoms with van der Waals surface area (Å²) >= 11 is 0. The van der Waals surface area contributed by atoms with Gasteiger partial charge in [-0.2, -0.15) is 0 Å².